The summed E-state index contributed by atoms with van der Waals surface area (Å²) in [6, 6.07) is 38.1. The van der Waals surface area contributed by atoms with Gasteiger partial charge >= 0.3 is 0 Å². The average Bonchev–Trinajstić information content (AvgIpc) is 3.57. The van der Waals surface area contributed by atoms with Gasteiger partial charge in [-0.3, -0.25) is 0 Å². The highest BCUT2D eigenvalue weighted by molar-refractivity contribution is 6.99. The fraction of sp³-hybridized carbons (Fsp3) is 0.368. The van der Waals surface area contributed by atoms with Crippen LogP contribution in [-0.2, 0) is 17.3 Å². The van der Waals surface area contributed by atoms with Crippen molar-refractivity contribution in [3.05, 3.63) is 142 Å². The first-order valence-electron chi connectivity index (χ1n) is 16.1. The number of hydrogen-bond acceptors (Lipinski definition) is 4. The van der Waals surface area contributed by atoms with E-state index in [2.05, 4.69) is 122 Å². The van der Waals surface area contributed by atoms with Gasteiger partial charge in [-0.25, -0.2) is 0 Å². The molecule has 0 saturated carbocycles. The van der Waals surface area contributed by atoms with E-state index in [1.54, 1.807) is 0 Å². The number of benzene rings is 4. The molecule has 0 bridgehead atoms. The van der Waals surface area contributed by atoms with Crippen molar-refractivity contribution in [3.8, 4) is 0 Å². The SMILES string of the molecule is CC(C)(C)[Si](OCC[C@H]1Cc2ccccc2[C@@H]1N=[N+]=[N-])(c1ccccc1)c1ccccc1.N[C@H]1c2ccccc2C[C@@H]1CCO. The van der Waals surface area contributed by atoms with E-state index in [0.717, 1.165) is 25.7 Å². The normalized spacial score (nSPS) is 20.4. The molecule has 0 spiro atoms. The van der Waals surface area contributed by atoms with Gasteiger partial charge in [-0.15, -0.1) is 0 Å². The van der Waals surface area contributed by atoms with Gasteiger partial charge in [0, 0.05) is 24.2 Å². The lowest BCUT2D eigenvalue weighted by Crippen LogP contribution is -2.66. The van der Waals surface area contributed by atoms with Gasteiger partial charge < -0.3 is 15.3 Å². The fourth-order valence-electron chi connectivity index (χ4n) is 7.41. The van der Waals surface area contributed by atoms with Crippen LogP contribution in [0.1, 0.15) is 68.0 Å². The zero-order chi connectivity index (χ0) is 31.9. The van der Waals surface area contributed by atoms with Crippen LogP contribution in [0.2, 0.25) is 5.04 Å². The molecule has 4 aromatic carbocycles. The lowest BCUT2D eigenvalue weighted by atomic mass is 9.98. The van der Waals surface area contributed by atoms with E-state index in [1.807, 2.05) is 18.2 Å². The van der Waals surface area contributed by atoms with Crippen molar-refractivity contribution in [1.29, 1.82) is 0 Å². The first-order chi connectivity index (χ1) is 21.8. The maximum atomic E-state index is 9.16. The molecular formula is C38H46N4O2Si. The molecule has 0 saturated heterocycles. The monoisotopic (exact) mass is 618 g/mol. The van der Waals surface area contributed by atoms with Crippen molar-refractivity contribution in [2.75, 3.05) is 13.2 Å². The standard InChI is InChI=1S/C27H31N3OSi.C11H15NO/c1-27(2,3)32(23-13-6-4-7-14-23,24-15-8-5-9-16-24)31-19-18-22-20-21-12-10-11-17-25(21)26(22)29-30-28;12-11-9(5-6-13)7-8-3-1-2-4-10(8)11/h4-17,22,26H,18-20H2,1-3H3;1-4,9,11,13H,5-7,12H2/t22-,26+;9-,11+/m00/s1. The summed E-state index contributed by atoms with van der Waals surface area (Å²) in [6.07, 6.45) is 3.64. The maximum Gasteiger partial charge on any atom is 0.261 e. The molecule has 4 aromatic rings. The van der Waals surface area contributed by atoms with Crippen molar-refractivity contribution in [2.24, 2.45) is 22.7 Å². The second-order valence-electron chi connectivity index (χ2n) is 13.3. The highest BCUT2D eigenvalue weighted by atomic mass is 28.4. The Morgan fingerprint density at radius 2 is 1.29 bits per heavy atom. The second kappa shape index (κ2) is 14.6. The van der Waals surface area contributed by atoms with E-state index in [9.17, 15) is 0 Å². The summed E-state index contributed by atoms with van der Waals surface area (Å²) >= 11 is 0. The molecule has 3 N–H and O–H groups in total. The highest BCUT2D eigenvalue weighted by Crippen LogP contribution is 2.42. The Morgan fingerprint density at radius 1 is 0.778 bits per heavy atom. The second-order valence-corrected chi connectivity index (χ2v) is 17.6. The minimum atomic E-state index is -2.55. The number of nitrogens with zero attached hydrogens (tertiary/aromatic N) is 3. The van der Waals surface area contributed by atoms with E-state index in [4.69, 9.17) is 20.8 Å². The van der Waals surface area contributed by atoms with Gasteiger partial charge in [-0.2, -0.15) is 0 Å². The van der Waals surface area contributed by atoms with E-state index in [-0.39, 0.29) is 29.6 Å². The molecule has 0 unspecified atom stereocenters. The van der Waals surface area contributed by atoms with E-state index >= 15 is 0 Å². The molecule has 0 fully saturated rings. The van der Waals surface area contributed by atoms with Crippen molar-refractivity contribution < 1.29 is 9.53 Å². The Kier molecular flexibility index (Phi) is 10.6. The lowest BCUT2D eigenvalue weighted by molar-refractivity contribution is 0.248. The van der Waals surface area contributed by atoms with E-state index < -0.39 is 8.32 Å². The maximum absolute atomic E-state index is 9.16. The van der Waals surface area contributed by atoms with Crippen LogP contribution in [0.15, 0.2) is 114 Å². The van der Waals surface area contributed by atoms with Crippen molar-refractivity contribution >= 4 is 18.7 Å². The van der Waals surface area contributed by atoms with Gasteiger partial charge in [-0.1, -0.05) is 135 Å². The third-order valence-electron chi connectivity index (χ3n) is 9.61. The predicted molar refractivity (Wildman–Crippen MR) is 186 cm³/mol. The van der Waals surface area contributed by atoms with Crippen LogP contribution in [0.4, 0.5) is 0 Å². The molecule has 4 atom stereocenters. The molecule has 2 aliphatic carbocycles. The van der Waals surface area contributed by atoms with Crippen LogP contribution in [0.25, 0.3) is 10.4 Å². The summed E-state index contributed by atoms with van der Waals surface area (Å²) in [5.41, 5.74) is 20.3. The van der Waals surface area contributed by atoms with Gasteiger partial charge in [0.1, 0.15) is 0 Å². The molecule has 0 aliphatic heterocycles. The molecule has 2 aliphatic rings. The number of aliphatic hydroxyl groups excluding tert-OH is 1. The molecule has 234 valence electrons. The Hall–Kier alpha value is -3.71. The molecule has 0 amide bonds. The lowest BCUT2D eigenvalue weighted by Gasteiger charge is -2.43. The summed E-state index contributed by atoms with van der Waals surface area (Å²) in [4.78, 5) is 3.15. The third-order valence-corrected chi connectivity index (χ3v) is 14.6. The highest BCUT2D eigenvalue weighted by Gasteiger charge is 2.50. The van der Waals surface area contributed by atoms with E-state index in [1.165, 1.54) is 32.6 Å². The van der Waals surface area contributed by atoms with Crippen LogP contribution >= 0.6 is 0 Å². The topological polar surface area (TPSA) is 104 Å². The summed E-state index contributed by atoms with van der Waals surface area (Å²) in [5.74, 6) is 0.698. The fourth-order valence-corrected chi connectivity index (χ4v) is 12.0. The summed E-state index contributed by atoms with van der Waals surface area (Å²) < 4.78 is 7.06. The van der Waals surface area contributed by atoms with Crippen LogP contribution in [0.5, 0.6) is 0 Å². The molecule has 0 heterocycles. The molecular weight excluding hydrogens is 573 g/mol. The number of aliphatic hydroxyl groups is 1. The number of azide groups is 1. The van der Waals surface area contributed by atoms with Crippen LogP contribution in [0, 0.1) is 11.8 Å². The first-order valence-corrected chi connectivity index (χ1v) is 18.0. The van der Waals surface area contributed by atoms with Crippen LogP contribution < -0.4 is 16.1 Å². The largest absolute Gasteiger partial charge is 0.407 e. The Morgan fingerprint density at radius 3 is 1.82 bits per heavy atom. The van der Waals surface area contributed by atoms with Gasteiger partial charge in [-0.05, 0) is 80.7 Å². The zero-order valence-corrected chi connectivity index (χ0v) is 27.7. The predicted octanol–water partition coefficient (Wildman–Crippen LogP) is 7.42. The average molecular weight is 619 g/mol. The molecule has 0 aromatic heterocycles. The zero-order valence-electron chi connectivity index (χ0n) is 26.7. The smallest absolute Gasteiger partial charge is 0.261 e. The first kappa shape index (κ1) is 32.7. The van der Waals surface area contributed by atoms with E-state index in [0.29, 0.717) is 12.5 Å². The molecule has 6 rings (SSSR count). The van der Waals surface area contributed by atoms with Gasteiger partial charge in [0.25, 0.3) is 8.32 Å². The van der Waals surface area contributed by atoms with Gasteiger partial charge in [0.2, 0.25) is 0 Å². The summed E-state index contributed by atoms with van der Waals surface area (Å²) in [5, 5.41) is 15.6. The Labute approximate surface area is 269 Å². The third kappa shape index (κ3) is 6.93. The van der Waals surface area contributed by atoms with Crippen molar-refractivity contribution in [1.82, 2.24) is 0 Å². The molecule has 7 heteroatoms. The van der Waals surface area contributed by atoms with Gasteiger partial charge in [0.15, 0.2) is 0 Å². The van der Waals surface area contributed by atoms with Crippen LogP contribution in [-0.4, -0.2) is 26.6 Å². The minimum Gasteiger partial charge on any atom is -0.407 e. The molecule has 0 radical (unpaired) electrons. The van der Waals surface area contributed by atoms with Crippen molar-refractivity contribution in [2.45, 2.75) is 63.6 Å². The summed E-state index contributed by atoms with van der Waals surface area (Å²) in [6.45, 7) is 7.78. The van der Waals surface area contributed by atoms with Crippen LogP contribution in [0.3, 0.4) is 0 Å². The number of rotatable bonds is 9. The number of hydrogen-bond donors (Lipinski definition) is 2. The summed E-state index contributed by atoms with van der Waals surface area (Å²) in [7, 11) is -2.55. The molecule has 45 heavy (non-hydrogen) atoms. The quantitative estimate of drug-likeness (QED) is 0.0883. The molecule has 6 nitrogen and oxygen atoms in total. The Bertz CT molecular complexity index is 1540. The van der Waals surface area contributed by atoms with Gasteiger partial charge in [0.05, 0.1) is 6.04 Å². The minimum absolute atomic E-state index is 0.0431. The number of fused-ring (bicyclic) bond motifs is 2. The Balaban J connectivity index is 0.000000256. The van der Waals surface area contributed by atoms with Crippen molar-refractivity contribution in [3.63, 3.8) is 0 Å². The number of nitrogens with two attached hydrogens (primary N) is 1.